The summed E-state index contributed by atoms with van der Waals surface area (Å²) in [5.74, 6) is 1.03. The zero-order valence-electron chi connectivity index (χ0n) is 14.7. The maximum atomic E-state index is 11.8. The van der Waals surface area contributed by atoms with Crippen LogP contribution in [-0.2, 0) is 11.8 Å². The Balaban J connectivity index is 1.91. The van der Waals surface area contributed by atoms with Gasteiger partial charge in [-0.2, -0.15) is 0 Å². The lowest BCUT2D eigenvalue weighted by Gasteiger charge is -2.07. The average molecular weight is 359 g/mol. The number of nitrogens with zero attached hydrogens (tertiary/aromatic N) is 4. The molecule has 0 saturated carbocycles. The normalized spacial score (nSPS) is 11.4. The van der Waals surface area contributed by atoms with Crippen LogP contribution in [0.2, 0.25) is 0 Å². The first-order valence-corrected chi connectivity index (χ1v) is 9.16. The zero-order valence-corrected chi connectivity index (χ0v) is 15.6. The van der Waals surface area contributed by atoms with Crippen LogP contribution in [-0.4, -0.2) is 44.1 Å². The minimum atomic E-state index is -0.0397. The molecule has 0 fully saturated rings. The number of aromatic nitrogens is 4. The molecule has 0 bridgehead atoms. The molecule has 0 aliphatic carbocycles. The van der Waals surface area contributed by atoms with E-state index in [1.807, 2.05) is 50.6 Å². The highest BCUT2D eigenvalue weighted by atomic mass is 32.2. The molecule has 0 aliphatic heterocycles. The van der Waals surface area contributed by atoms with Crippen LogP contribution < -0.4 is 10.1 Å². The highest BCUT2D eigenvalue weighted by Gasteiger charge is 2.14. The second-order valence-electron chi connectivity index (χ2n) is 5.95. The number of carbonyl (C=O) groups is 1. The highest BCUT2D eigenvalue weighted by Crippen LogP contribution is 2.29. The van der Waals surface area contributed by atoms with Crippen LogP contribution in [0, 0.1) is 0 Å². The molecule has 8 heteroatoms. The Morgan fingerprint density at radius 3 is 2.88 bits per heavy atom. The van der Waals surface area contributed by atoms with Crippen molar-refractivity contribution in [1.29, 1.82) is 0 Å². The third-order valence-electron chi connectivity index (χ3n) is 3.64. The number of carbonyl (C=O) groups excluding carboxylic acids is 1. The number of ether oxygens (including phenoxy) is 1. The van der Waals surface area contributed by atoms with Crippen molar-refractivity contribution in [2.24, 2.45) is 7.05 Å². The third kappa shape index (κ3) is 3.68. The molecule has 0 spiro atoms. The zero-order chi connectivity index (χ0) is 18.0. The molecule has 2 aromatic heterocycles. The summed E-state index contributed by atoms with van der Waals surface area (Å²) in [5.41, 5.74) is 2.49. The first kappa shape index (κ1) is 17.5. The van der Waals surface area contributed by atoms with E-state index in [9.17, 15) is 4.79 Å². The standard InChI is InChI=1S/C17H21N5O2S/c1-5-24-11-6-7-13-12(8-11)15-16(22(13)4)19-17(21-20-15)25-9-14(23)18-10(2)3/h6-8,10H,5,9H2,1-4H3,(H,18,23). The molecule has 1 aromatic carbocycles. The summed E-state index contributed by atoms with van der Waals surface area (Å²) in [5, 5.41) is 12.8. The van der Waals surface area contributed by atoms with E-state index in [1.165, 1.54) is 11.8 Å². The fourth-order valence-corrected chi connectivity index (χ4v) is 3.23. The molecule has 132 valence electrons. The van der Waals surface area contributed by atoms with Gasteiger partial charge in [-0.05, 0) is 39.0 Å². The van der Waals surface area contributed by atoms with Crippen molar-refractivity contribution < 1.29 is 9.53 Å². The van der Waals surface area contributed by atoms with Crippen LogP contribution in [0.5, 0.6) is 5.75 Å². The van der Waals surface area contributed by atoms with E-state index in [0.29, 0.717) is 11.8 Å². The van der Waals surface area contributed by atoms with Gasteiger partial charge in [-0.3, -0.25) is 4.79 Å². The minimum Gasteiger partial charge on any atom is -0.494 e. The third-order valence-corrected chi connectivity index (χ3v) is 4.48. The summed E-state index contributed by atoms with van der Waals surface area (Å²) >= 11 is 1.28. The molecule has 0 atom stereocenters. The van der Waals surface area contributed by atoms with Gasteiger partial charge in [0, 0.05) is 18.5 Å². The monoisotopic (exact) mass is 359 g/mol. The summed E-state index contributed by atoms with van der Waals surface area (Å²) in [6, 6.07) is 6.00. The predicted octanol–water partition coefficient (Wildman–Crippen LogP) is 2.53. The molecule has 2 heterocycles. The molecule has 1 N–H and O–H groups in total. The van der Waals surface area contributed by atoms with E-state index >= 15 is 0 Å². The quantitative estimate of drug-likeness (QED) is 0.681. The predicted molar refractivity (Wildman–Crippen MR) is 99.0 cm³/mol. The summed E-state index contributed by atoms with van der Waals surface area (Å²) in [6.07, 6.45) is 0. The molecule has 0 saturated heterocycles. The van der Waals surface area contributed by atoms with Crippen LogP contribution in [0.15, 0.2) is 23.4 Å². The molecule has 3 rings (SSSR count). The van der Waals surface area contributed by atoms with Gasteiger partial charge < -0.3 is 14.6 Å². The van der Waals surface area contributed by atoms with Gasteiger partial charge in [0.05, 0.1) is 17.9 Å². The first-order chi connectivity index (χ1) is 12.0. The van der Waals surface area contributed by atoms with Gasteiger partial charge in [-0.25, -0.2) is 4.98 Å². The van der Waals surface area contributed by atoms with Gasteiger partial charge in [0.1, 0.15) is 11.3 Å². The van der Waals surface area contributed by atoms with E-state index in [2.05, 4.69) is 20.5 Å². The van der Waals surface area contributed by atoms with E-state index in [0.717, 1.165) is 27.8 Å². The lowest BCUT2D eigenvalue weighted by atomic mass is 10.2. The Bertz CT molecular complexity index is 922. The van der Waals surface area contributed by atoms with E-state index in [-0.39, 0.29) is 17.7 Å². The molecule has 0 radical (unpaired) electrons. The lowest BCUT2D eigenvalue weighted by molar-refractivity contribution is -0.119. The summed E-state index contributed by atoms with van der Waals surface area (Å²) in [7, 11) is 1.94. The second-order valence-corrected chi connectivity index (χ2v) is 6.89. The molecular formula is C17H21N5O2S. The largest absolute Gasteiger partial charge is 0.494 e. The topological polar surface area (TPSA) is 81.9 Å². The SMILES string of the molecule is CCOc1ccc2c(c1)c1nnc(SCC(=O)NC(C)C)nc1n2C. The number of aryl methyl sites for hydroxylation is 1. The Morgan fingerprint density at radius 1 is 1.36 bits per heavy atom. The van der Waals surface area contributed by atoms with E-state index in [4.69, 9.17) is 4.74 Å². The maximum absolute atomic E-state index is 11.8. The van der Waals surface area contributed by atoms with E-state index in [1.54, 1.807) is 0 Å². The Kier molecular flexibility index (Phi) is 5.08. The minimum absolute atomic E-state index is 0.0397. The molecule has 0 aliphatic rings. The summed E-state index contributed by atoms with van der Waals surface area (Å²) < 4.78 is 7.55. The summed E-state index contributed by atoms with van der Waals surface area (Å²) in [4.78, 5) is 16.3. The number of rotatable bonds is 6. The van der Waals surface area contributed by atoms with Crippen molar-refractivity contribution in [1.82, 2.24) is 25.1 Å². The number of amides is 1. The van der Waals surface area contributed by atoms with Gasteiger partial charge in [0.2, 0.25) is 11.1 Å². The van der Waals surface area contributed by atoms with Crippen molar-refractivity contribution in [3.8, 4) is 5.75 Å². The number of thioether (sulfide) groups is 1. The number of fused-ring (bicyclic) bond motifs is 3. The van der Waals surface area contributed by atoms with Gasteiger partial charge in [0.25, 0.3) is 0 Å². The van der Waals surface area contributed by atoms with Crippen LogP contribution >= 0.6 is 11.8 Å². The van der Waals surface area contributed by atoms with Crippen molar-refractivity contribution >= 4 is 39.7 Å². The average Bonchev–Trinajstić information content (AvgIpc) is 2.85. The van der Waals surface area contributed by atoms with Crippen molar-refractivity contribution in [3.63, 3.8) is 0 Å². The van der Waals surface area contributed by atoms with Crippen molar-refractivity contribution in [3.05, 3.63) is 18.2 Å². The van der Waals surface area contributed by atoms with Gasteiger partial charge in [-0.15, -0.1) is 10.2 Å². The van der Waals surface area contributed by atoms with Gasteiger partial charge in [0.15, 0.2) is 5.65 Å². The highest BCUT2D eigenvalue weighted by molar-refractivity contribution is 7.99. The van der Waals surface area contributed by atoms with Crippen molar-refractivity contribution in [2.45, 2.75) is 32.0 Å². The number of benzene rings is 1. The summed E-state index contributed by atoms with van der Waals surface area (Å²) in [6.45, 7) is 6.42. The van der Waals surface area contributed by atoms with Crippen LogP contribution in [0.1, 0.15) is 20.8 Å². The molecule has 3 aromatic rings. The molecular weight excluding hydrogens is 338 g/mol. The fraction of sp³-hybridized carbons (Fsp3) is 0.412. The van der Waals surface area contributed by atoms with Crippen LogP contribution in [0.25, 0.3) is 22.1 Å². The molecule has 0 unspecified atom stereocenters. The van der Waals surface area contributed by atoms with Crippen molar-refractivity contribution in [2.75, 3.05) is 12.4 Å². The molecule has 7 nitrogen and oxygen atoms in total. The van der Waals surface area contributed by atoms with E-state index < -0.39 is 0 Å². The first-order valence-electron chi connectivity index (χ1n) is 8.17. The number of hydrogen-bond acceptors (Lipinski definition) is 6. The molecule has 1 amide bonds. The lowest BCUT2D eigenvalue weighted by Crippen LogP contribution is -2.31. The second kappa shape index (κ2) is 7.26. The van der Waals surface area contributed by atoms with Gasteiger partial charge >= 0.3 is 0 Å². The fourth-order valence-electron chi connectivity index (χ4n) is 2.63. The Morgan fingerprint density at radius 2 is 2.16 bits per heavy atom. The molecule has 25 heavy (non-hydrogen) atoms. The maximum Gasteiger partial charge on any atom is 0.230 e. The number of nitrogens with one attached hydrogen (secondary N) is 1. The smallest absolute Gasteiger partial charge is 0.230 e. The van der Waals surface area contributed by atoms with Crippen LogP contribution in [0.4, 0.5) is 0 Å². The Labute approximate surface area is 150 Å². The van der Waals surface area contributed by atoms with Gasteiger partial charge in [-0.1, -0.05) is 11.8 Å². The number of hydrogen-bond donors (Lipinski definition) is 1. The van der Waals surface area contributed by atoms with Crippen LogP contribution in [0.3, 0.4) is 0 Å². The Hall–Kier alpha value is -2.35.